The Balaban J connectivity index is 2.59. The molecule has 0 amide bonds. The predicted molar refractivity (Wildman–Crippen MR) is 101 cm³/mol. The van der Waals surface area contributed by atoms with Gasteiger partial charge in [-0.3, -0.25) is 0 Å². The van der Waals surface area contributed by atoms with Crippen molar-refractivity contribution < 1.29 is 4.74 Å². The monoisotopic (exact) mass is 412 g/mol. The van der Waals surface area contributed by atoms with Crippen LogP contribution in [-0.2, 0) is 11.3 Å². The standard InChI is InChI=1S/C8H9O.3C4H9.Sn/c1-9-7-8-5-3-2-4-6-8;3*1-3-4-2;/h2-6H,1,7H2;3*1,3-4H2,2H3;. The van der Waals surface area contributed by atoms with E-state index in [9.17, 15) is 0 Å². The molecule has 22 heavy (non-hydrogen) atoms. The van der Waals surface area contributed by atoms with Crippen LogP contribution in [0.15, 0.2) is 30.3 Å². The summed E-state index contributed by atoms with van der Waals surface area (Å²) < 4.78 is 12.0. The van der Waals surface area contributed by atoms with E-state index in [-0.39, 0.29) is 0 Å². The molecule has 0 aliphatic rings. The molecule has 0 fully saturated rings. The summed E-state index contributed by atoms with van der Waals surface area (Å²) in [5.74, 6) is 0. The van der Waals surface area contributed by atoms with Gasteiger partial charge in [0.25, 0.3) is 0 Å². The number of hydrogen-bond donors (Lipinski definition) is 0. The van der Waals surface area contributed by atoms with Crippen molar-refractivity contribution in [2.75, 3.05) is 4.62 Å². The van der Waals surface area contributed by atoms with E-state index in [1.807, 2.05) is 0 Å². The van der Waals surface area contributed by atoms with Gasteiger partial charge in [-0.1, -0.05) is 0 Å². The zero-order valence-electron chi connectivity index (χ0n) is 15.1. The van der Waals surface area contributed by atoms with Crippen LogP contribution in [0.2, 0.25) is 13.3 Å². The maximum atomic E-state index is 6.27. The molecule has 0 heterocycles. The second kappa shape index (κ2) is 12.4. The van der Waals surface area contributed by atoms with Crippen molar-refractivity contribution in [1.82, 2.24) is 0 Å². The molecule has 1 aromatic carbocycles. The molecule has 0 N–H and O–H groups in total. The van der Waals surface area contributed by atoms with E-state index in [2.05, 4.69) is 51.1 Å². The van der Waals surface area contributed by atoms with Gasteiger partial charge in [0.05, 0.1) is 0 Å². The second-order valence-corrected chi connectivity index (χ2v) is 20.5. The number of benzene rings is 1. The molecular weight excluding hydrogens is 375 g/mol. The Morgan fingerprint density at radius 2 is 1.27 bits per heavy atom. The summed E-state index contributed by atoms with van der Waals surface area (Å²) in [5, 5.41) is 0. The van der Waals surface area contributed by atoms with E-state index >= 15 is 0 Å². The van der Waals surface area contributed by atoms with Crippen LogP contribution < -0.4 is 0 Å². The second-order valence-electron chi connectivity index (χ2n) is 6.79. The van der Waals surface area contributed by atoms with E-state index in [1.165, 1.54) is 44.1 Å². The summed E-state index contributed by atoms with van der Waals surface area (Å²) in [6.45, 7) is 7.81. The molecule has 1 nitrogen and oxygen atoms in total. The zero-order chi connectivity index (χ0) is 16.1. The van der Waals surface area contributed by atoms with E-state index < -0.39 is 18.4 Å². The normalized spacial score (nSPS) is 11.8. The molecule has 0 spiro atoms. The molecule has 0 saturated heterocycles. The molecule has 0 bridgehead atoms. The third kappa shape index (κ3) is 8.01. The van der Waals surface area contributed by atoms with Gasteiger partial charge in [0, 0.05) is 0 Å². The Hall–Kier alpha value is -0.0213. The molecule has 0 radical (unpaired) electrons. The van der Waals surface area contributed by atoms with Gasteiger partial charge in [-0.15, -0.1) is 0 Å². The van der Waals surface area contributed by atoms with Crippen molar-refractivity contribution in [3.63, 3.8) is 0 Å². The van der Waals surface area contributed by atoms with Gasteiger partial charge < -0.3 is 0 Å². The van der Waals surface area contributed by atoms with Gasteiger partial charge in [0.1, 0.15) is 0 Å². The van der Waals surface area contributed by atoms with Gasteiger partial charge in [0.2, 0.25) is 0 Å². The van der Waals surface area contributed by atoms with Crippen LogP contribution in [0.1, 0.15) is 64.9 Å². The number of hydrogen-bond acceptors (Lipinski definition) is 1. The van der Waals surface area contributed by atoms with Gasteiger partial charge in [0.15, 0.2) is 0 Å². The third-order valence-corrected chi connectivity index (χ3v) is 19.1. The Morgan fingerprint density at radius 1 is 0.773 bits per heavy atom. The quantitative estimate of drug-likeness (QED) is 0.333. The molecule has 1 rings (SSSR count). The average Bonchev–Trinajstić information content (AvgIpc) is 2.57. The molecular formula is C20H36OSn. The Labute approximate surface area is 142 Å². The SMILES string of the molecule is CCC[CH2][Sn]([CH2]CCC)([CH2]CCC)[CH2]OCc1ccccc1. The third-order valence-electron chi connectivity index (χ3n) is 4.70. The van der Waals surface area contributed by atoms with Crippen LogP contribution >= 0.6 is 0 Å². The first-order chi connectivity index (χ1) is 10.8. The van der Waals surface area contributed by atoms with Crippen molar-refractivity contribution in [2.45, 2.75) is 79.2 Å². The topological polar surface area (TPSA) is 9.23 Å². The summed E-state index contributed by atoms with van der Waals surface area (Å²) >= 11 is -2.08. The number of ether oxygens (including phenoxy) is 1. The van der Waals surface area contributed by atoms with Crippen molar-refractivity contribution >= 4 is 18.4 Å². The van der Waals surface area contributed by atoms with Gasteiger partial charge >= 0.3 is 143 Å². The van der Waals surface area contributed by atoms with E-state index in [0.29, 0.717) is 0 Å². The fourth-order valence-electron chi connectivity index (χ4n) is 3.21. The van der Waals surface area contributed by atoms with Crippen molar-refractivity contribution in [2.24, 2.45) is 0 Å². The molecule has 0 unspecified atom stereocenters. The van der Waals surface area contributed by atoms with Crippen LogP contribution in [0.5, 0.6) is 0 Å². The number of unbranched alkanes of at least 4 members (excludes halogenated alkanes) is 3. The molecule has 126 valence electrons. The van der Waals surface area contributed by atoms with Gasteiger partial charge in [-0.2, -0.15) is 0 Å². The minimum atomic E-state index is -2.08. The predicted octanol–water partition coefficient (Wildman–Crippen LogP) is 6.59. The fraction of sp³-hybridized carbons (Fsp3) is 0.700. The summed E-state index contributed by atoms with van der Waals surface area (Å²) in [4.78, 5) is 0. The van der Waals surface area contributed by atoms with Crippen molar-refractivity contribution in [1.29, 1.82) is 0 Å². The first kappa shape index (κ1) is 20.0. The van der Waals surface area contributed by atoms with E-state index in [1.54, 1.807) is 13.3 Å². The van der Waals surface area contributed by atoms with Crippen LogP contribution in [0.25, 0.3) is 0 Å². The van der Waals surface area contributed by atoms with Gasteiger partial charge in [-0.05, 0) is 0 Å². The van der Waals surface area contributed by atoms with Gasteiger partial charge in [-0.25, -0.2) is 0 Å². The molecule has 0 aliphatic carbocycles. The van der Waals surface area contributed by atoms with E-state index in [0.717, 1.165) is 11.2 Å². The first-order valence-corrected chi connectivity index (χ1v) is 17.4. The zero-order valence-corrected chi connectivity index (χ0v) is 17.9. The maximum absolute atomic E-state index is 6.27. The van der Waals surface area contributed by atoms with Crippen LogP contribution in [0, 0.1) is 0 Å². The summed E-state index contributed by atoms with van der Waals surface area (Å²) in [7, 11) is 0. The Bertz CT molecular complexity index is 341. The molecule has 0 aromatic heterocycles. The molecule has 0 saturated carbocycles. The number of rotatable bonds is 13. The van der Waals surface area contributed by atoms with Crippen LogP contribution in [0.4, 0.5) is 0 Å². The molecule has 1 aromatic rings. The molecule has 2 heteroatoms. The fourth-order valence-corrected chi connectivity index (χ4v) is 17.6. The molecule has 0 aliphatic heterocycles. The van der Waals surface area contributed by atoms with Crippen LogP contribution in [0.3, 0.4) is 0 Å². The summed E-state index contributed by atoms with van der Waals surface area (Å²) in [5.41, 5.74) is 1.32. The van der Waals surface area contributed by atoms with Crippen molar-refractivity contribution in [3.05, 3.63) is 35.9 Å². The van der Waals surface area contributed by atoms with Crippen LogP contribution in [-0.4, -0.2) is 23.0 Å². The Morgan fingerprint density at radius 3 is 1.73 bits per heavy atom. The van der Waals surface area contributed by atoms with E-state index in [4.69, 9.17) is 4.74 Å². The van der Waals surface area contributed by atoms with Crippen molar-refractivity contribution in [3.8, 4) is 0 Å². The summed E-state index contributed by atoms with van der Waals surface area (Å²) in [6, 6.07) is 10.7. The first-order valence-electron chi connectivity index (χ1n) is 9.38. The molecule has 0 atom stereocenters. The Kier molecular flexibility index (Phi) is 11.3. The summed E-state index contributed by atoms with van der Waals surface area (Å²) in [6.07, 6.45) is 8.31. The average molecular weight is 411 g/mol. The minimum absolute atomic E-state index is 0.809.